The third kappa shape index (κ3) is 3.06. The van der Waals surface area contributed by atoms with E-state index in [4.69, 9.17) is 0 Å². The molecule has 2 aromatic heterocycles. The predicted octanol–water partition coefficient (Wildman–Crippen LogP) is 4.96. The van der Waals surface area contributed by atoms with Crippen LogP contribution in [0.15, 0.2) is 60.7 Å². The number of benzene rings is 2. The van der Waals surface area contributed by atoms with Gasteiger partial charge in [0.25, 0.3) is 5.91 Å². The van der Waals surface area contributed by atoms with Gasteiger partial charge < -0.3 is 5.32 Å². The first-order valence-corrected chi connectivity index (χ1v) is 8.85. The maximum atomic E-state index is 12.5. The van der Waals surface area contributed by atoms with Gasteiger partial charge in [-0.1, -0.05) is 30.3 Å². The molecule has 0 aliphatic carbocycles. The molecule has 124 valence electrons. The molecule has 0 spiro atoms. The predicted molar refractivity (Wildman–Crippen MR) is 103 cm³/mol. The fourth-order valence-corrected chi connectivity index (χ4v) is 3.79. The maximum absolute atomic E-state index is 12.5. The Labute approximate surface area is 149 Å². The summed E-state index contributed by atoms with van der Waals surface area (Å²) in [6, 6.07) is 19.9. The fourth-order valence-electron chi connectivity index (χ4n) is 2.83. The Morgan fingerprint density at radius 3 is 2.68 bits per heavy atom. The maximum Gasteiger partial charge on any atom is 0.266 e. The van der Waals surface area contributed by atoms with Crippen molar-refractivity contribution < 1.29 is 4.79 Å². The molecule has 2 heterocycles. The lowest BCUT2D eigenvalue weighted by Gasteiger charge is -2.04. The molecule has 0 saturated heterocycles. The average Bonchev–Trinajstić information content (AvgIpc) is 3.18. The quantitative estimate of drug-likeness (QED) is 0.569. The van der Waals surface area contributed by atoms with E-state index in [9.17, 15) is 4.79 Å². The summed E-state index contributed by atoms with van der Waals surface area (Å²) < 4.78 is 2.95. The van der Waals surface area contributed by atoms with E-state index in [1.165, 1.54) is 16.9 Å². The highest BCUT2D eigenvalue weighted by atomic mass is 32.1. The molecule has 4 rings (SSSR count). The summed E-state index contributed by atoms with van der Waals surface area (Å²) in [5.41, 5.74) is 3.13. The van der Waals surface area contributed by atoms with Gasteiger partial charge in [-0.05, 0) is 49.1 Å². The van der Waals surface area contributed by atoms with E-state index in [0.29, 0.717) is 10.7 Å². The molecule has 2 aromatic carbocycles. The fraction of sp³-hybridized carbons (Fsp3) is 0.100. The molecule has 0 bridgehead atoms. The molecule has 25 heavy (non-hydrogen) atoms. The van der Waals surface area contributed by atoms with Gasteiger partial charge in [0.2, 0.25) is 0 Å². The number of thiophene rings is 1. The monoisotopic (exact) mass is 347 g/mol. The van der Waals surface area contributed by atoms with Crippen molar-refractivity contribution in [1.82, 2.24) is 9.78 Å². The summed E-state index contributed by atoms with van der Waals surface area (Å²) in [5, 5.41) is 8.52. The largest absolute Gasteiger partial charge is 0.304 e. The minimum absolute atomic E-state index is 0.130. The number of carbonyl (C=O) groups excluding carboxylic acids is 1. The molecule has 0 aliphatic heterocycles. The van der Waals surface area contributed by atoms with Crippen molar-refractivity contribution >= 4 is 33.1 Å². The highest BCUT2D eigenvalue weighted by Gasteiger charge is 2.13. The van der Waals surface area contributed by atoms with Crippen molar-refractivity contribution in [1.29, 1.82) is 0 Å². The average molecular weight is 347 g/mol. The number of aryl methyl sites for hydroxylation is 2. The number of rotatable bonds is 3. The van der Waals surface area contributed by atoms with Gasteiger partial charge in [-0.2, -0.15) is 0 Å². The van der Waals surface area contributed by atoms with Gasteiger partial charge in [0.05, 0.1) is 10.6 Å². The van der Waals surface area contributed by atoms with Crippen LogP contribution in [0.4, 0.5) is 5.82 Å². The Kier molecular flexibility index (Phi) is 3.86. The summed E-state index contributed by atoms with van der Waals surface area (Å²) >= 11 is 1.49. The molecule has 1 N–H and O–H groups in total. The molecule has 0 atom stereocenters. The third-order valence-electron chi connectivity index (χ3n) is 4.02. The molecule has 4 nitrogen and oxygen atoms in total. The van der Waals surface area contributed by atoms with E-state index in [1.54, 1.807) is 0 Å². The van der Waals surface area contributed by atoms with Crippen LogP contribution in [0.1, 0.15) is 20.9 Å². The second kappa shape index (κ2) is 6.18. The summed E-state index contributed by atoms with van der Waals surface area (Å²) in [4.78, 5) is 13.2. The summed E-state index contributed by atoms with van der Waals surface area (Å²) in [6.45, 7) is 4.02. The first-order valence-electron chi connectivity index (χ1n) is 8.04. The number of hydrogen-bond donors (Lipinski definition) is 1. The first-order chi connectivity index (χ1) is 12.1. The van der Waals surface area contributed by atoms with Gasteiger partial charge in [-0.25, -0.2) is 4.68 Å². The Morgan fingerprint density at radius 1 is 1.04 bits per heavy atom. The molecule has 1 amide bonds. The zero-order valence-electron chi connectivity index (χ0n) is 14.0. The summed E-state index contributed by atoms with van der Waals surface area (Å²) in [7, 11) is 0. The van der Waals surface area contributed by atoms with Gasteiger partial charge in [0, 0.05) is 16.5 Å². The number of fused-ring (bicyclic) bond motifs is 1. The van der Waals surface area contributed by atoms with Crippen LogP contribution in [0.2, 0.25) is 0 Å². The van der Waals surface area contributed by atoms with Gasteiger partial charge >= 0.3 is 0 Å². The van der Waals surface area contributed by atoms with E-state index >= 15 is 0 Å². The van der Waals surface area contributed by atoms with Crippen molar-refractivity contribution in [2.24, 2.45) is 0 Å². The zero-order valence-corrected chi connectivity index (χ0v) is 14.8. The van der Waals surface area contributed by atoms with Crippen molar-refractivity contribution in [2.45, 2.75) is 13.8 Å². The molecular weight excluding hydrogens is 330 g/mol. The number of amides is 1. The third-order valence-corrected chi connectivity index (χ3v) is 5.14. The second-order valence-corrected chi connectivity index (χ2v) is 7.11. The molecule has 0 saturated carbocycles. The Morgan fingerprint density at radius 2 is 1.88 bits per heavy atom. The Balaban J connectivity index is 1.60. The van der Waals surface area contributed by atoms with Crippen LogP contribution in [0.5, 0.6) is 0 Å². The standard InChI is InChI=1S/C20H17N3OS/c1-13-6-5-8-16(10-13)23-14(2)11-19(22-23)21-20(24)18-12-15-7-3-4-9-17(15)25-18/h3-12H,1-2H3,(H,21,22,24). The highest BCUT2D eigenvalue weighted by molar-refractivity contribution is 7.20. The first kappa shape index (κ1) is 15.6. The van der Waals surface area contributed by atoms with Crippen LogP contribution in [-0.2, 0) is 0 Å². The number of anilines is 1. The summed E-state index contributed by atoms with van der Waals surface area (Å²) in [5.74, 6) is 0.427. The lowest BCUT2D eigenvalue weighted by molar-refractivity contribution is 0.103. The van der Waals surface area contributed by atoms with Crippen molar-refractivity contribution in [3.05, 3.63) is 76.8 Å². The second-order valence-electron chi connectivity index (χ2n) is 6.02. The molecule has 4 aromatic rings. The zero-order chi connectivity index (χ0) is 17.4. The van der Waals surface area contributed by atoms with Crippen molar-refractivity contribution in [2.75, 3.05) is 5.32 Å². The number of nitrogens with zero attached hydrogens (tertiary/aromatic N) is 2. The Bertz CT molecular complexity index is 1040. The highest BCUT2D eigenvalue weighted by Crippen LogP contribution is 2.26. The molecule has 5 heteroatoms. The van der Waals surface area contributed by atoms with E-state index < -0.39 is 0 Å². The lowest BCUT2D eigenvalue weighted by atomic mass is 10.2. The number of aromatic nitrogens is 2. The number of nitrogens with one attached hydrogen (secondary N) is 1. The minimum Gasteiger partial charge on any atom is -0.304 e. The molecular formula is C20H17N3OS. The normalized spacial score (nSPS) is 11.0. The van der Waals surface area contributed by atoms with Crippen LogP contribution >= 0.6 is 11.3 Å². The molecule has 0 radical (unpaired) electrons. The van der Waals surface area contributed by atoms with Gasteiger partial charge in [-0.3, -0.25) is 4.79 Å². The van der Waals surface area contributed by atoms with Crippen LogP contribution in [0.3, 0.4) is 0 Å². The molecule has 0 unspecified atom stereocenters. The summed E-state index contributed by atoms with van der Waals surface area (Å²) in [6.07, 6.45) is 0. The number of hydrogen-bond acceptors (Lipinski definition) is 3. The molecule has 0 aliphatic rings. The van der Waals surface area contributed by atoms with Crippen LogP contribution in [0, 0.1) is 13.8 Å². The smallest absolute Gasteiger partial charge is 0.266 e. The van der Waals surface area contributed by atoms with E-state index in [0.717, 1.165) is 21.5 Å². The lowest BCUT2D eigenvalue weighted by Crippen LogP contribution is -2.11. The van der Waals surface area contributed by atoms with Crippen LogP contribution in [-0.4, -0.2) is 15.7 Å². The topological polar surface area (TPSA) is 46.9 Å². The SMILES string of the molecule is Cc1cccc(-n2nc(NC(=O)c3cc4ccccc4s3)cc2C)c1. The van der Waals surface area contributed by atoms with Gasteiger partial charge in [-0.15, -0.1) is 16.4 Å². The number of carbonyl (C=O) groups is 1. The van der Waals surface area contributed by atoms with Gasteiger partial charge in [0.1, 0.15) is 0 Å². The van der Waals surface area contributed by atoms with Crippen LogP contribution < -0.4 is 5.32 Å². The van der Waals surface area contributed by atoms with E-state index in [1.807, 2.05) is 73.1 Å². The van der Waals surface area contributed by atoms with E-state index in [-0.39, 0.29) is 5.91 Å². The molecule has 0 fully saturated rings. The van der Waals surface area contributed by atoms with Gasteiger partial charge in [0.15, 0.2) is 5.82 Å². The van der Waals surface area contributed by atoms with Crippen molar-refractivity contribution in [3.8, 4) is 5.69 Å². The van der Waals surface area contributed by atoms with Crippen LogP contribution in [0.25, 0.3) is 15.8 Å². The minimum atomic E-state index is -0.130. The van der Waals surface area contributed by atoms with Crippen molar-refractivity contribution in [3.63, 3.8) is 0 Å². The Hall–Kier alpha value is -2.92. The van der Waals surface area contributed by atoms with E-state index in [2.05, 4.69) is 16.5 Å².